The molecule has 1 aromatic heterocycles. The quantitative estimate of drug-likeness (QED) is 0.286. The maximum absolute atomic E-state index is 14.8. The molecule has 1 heterocycles. The fourth-order valence-electron chi connectivity index (χ4n) is 4.57. The molecule has 0 aliphatic rings. The van der Waals surface area contributed by atoms with Crippen molar-refractivity contribution in [3.63, 3.8) is 0 Å². The second-order valence-electron chi connectivity index (χ2n) is 8.70. The van der Waals surface area contributed by atoms with E-state index in [2.05, 4.69) is 0 Å². The lowest BCUT2D eigenvalue weighted by atomic mass is 9.92. The van der Waals surface area contributed by atoms with Crippen LogP contribution in [0.15, 0.2) is 71.5 Å². The first kappa shape index (κ1) is 26.0. The first-order valence-corrected chi connectivity index (χ1v) is 12.3. The largest absolute Gasteiger partial charge is 0.495 e. The highest BCUT2D eigenvalue weighted by Gasteiger charge is 2.23. The van der Waals surface area contributed by atoms with E-state index in [1.807, 2.05) is 44.2 Å². The number of aromatic nitrogens is 1. The molecule has 0 radical (unpaired) electrons. The SMILES string of the molecule is COc1cccc(-c2c(C)c(Cc3c(F)cccc3Cl)c(C)n(CC(N)c3ccccc3)c2=O)c1Cl. The van der Waals surface area contributed by atoms with E-state index >= 15 is 0 Å². The Morgan fingerprint density at radius 2 is 1.67 bits per heavy atom. The molecule has 0 fully saturated rings. The van der Waals surface area contributed by atoms with Gasteiger partial charge in [0.05, 0.1) is 17.7 Å². The average Bonchev–Trinajstić information content (AvgIpc) is 2.87. The van der Waals surface area contributed by atoms with Gasteiger partial charge in [-0.3, -0.25) is 4.79 Å². The van der Waals surface area contributed by atoms with Crippen LogP contribution in [0.2, 0.25) is 10.0 Å². The molecule has 0 aliphatic heterocycles. The molecular weight excluding hydrogens is 498 g/mol. The Morgan fingerprint density at radius 3 is 2.33 bits per heavy atom. The van der Waals surface area contributed by atoms with E-state index in [-0.39, 0.29) is 18.5 Å². The number of ether oxygens (including phenoxy) is 1. The summed E-state index contributed by atoms with van der Waals surface area (Å²) in [7, 11) is 1.52. The molecule has 4 nitrogen and oxygen atoms in total. The van der Waals surface area contributed by atoms with E-state index in [0.29, 0.717) is 43.7 Å². The van der Waals surface area contributed by atoms with Crippen LogP contribution >= 0.6 is 23.2 Å². The molecule has 4 aromatic rings. The lowest BCUT2D eigenvalue weighted by Crippen LogP contribution is -2.31. The smallest absolute Gasteiger partial charge is 0.259 e. The van der Waals surface area contributed by atoms with Crippen LogP contribution in [0.4, 0.5) is 4.39 Å². The van der Waals surface area contributed by atoms with Gasteiger partial charge >= 0.3 is 0 Å². The predicted molar refractivity (Wildman–Crippen MR) is 145 cm³/mol. The lowest BCUT2D eigenvalue weighted by Gasteiger charge is -2.23. The van der Waals surface area contributed by atoms with E-state index < -0.39 is 11.9 Å². The van der Waals surface area contributed by atoms with Crippen LogP contribution < -0.4 is 16.0 Å². The molecule has 0 saturated carbocycles. The fraction of sp³-hybridized carbons (Fsp3) is 0.207. The lowest BCUT2D eigenvalue weighted by molar-refractivity contribution is 0.415. The molecule has 186 valence electrons. The summed E-state index contributed by atoms with van der Waals surface area (Å²) in [5.74, 6) is 0.0563. The maximum atomic E-state index is 14.8. The molecule has 0 bridgehead atoms. The van der Waals surface area contributed by atoms with Gasteiger partial charge < -0.3 is 15.0 Å². The minimum Gasteiger partial charge on any atom is -0.495 e. The number of hydrogen-bond donors (Lipinski definition) is 1. The van der Waals surface area contributed by atoms with Crippen molar-refractivity contribution in [2.75, 3.05) is 7.11 Å². The maximum Gasteiger partial charge on any atom is 0.259 e. The molecule has 0 amide bonds. The van der Waals surface area contributed by atoms with Crippen molar-refractivity contribution in [3.8, 4) is 16.9 Å². The highest BCUT2D eigenvalue weighted by molar-refractivity contribution is 6.34. The van der Waals surface area contributed by atoms with Crippen molar-refractivity contribution in [2.45, 2.75) is 32.9 Å². The van der Waals surface area contributed by atoms with E-state index in [0.717, 1.165) is 11.1 Å². The zero-order chi connectivity index (χ0) is 26.0. The van der Waals surface area contributed by atoms with E-state index in [1.165, 1.54) is 13.2 Å². The third kappa shape index (κ3) is 4.92. The predicted octanol–water partition coefficient (Wildman–Crippen LogP) is 6.88. The van der Waals surface area contributed by atoms with Crippen LogP contribution in [0.25, 0.3) is 11.1 Å². The molecule has 0 aliphatic carbocycles. The second kappa shape index (κ2) is 10.9. The Morgan fingerprint density at radius 1 is 0.972 bits per heavy atom. The normalized spacial score (nSPS) is 12.0. The second-order valence-corrected chi connectivity index (χ2v) is 9.48. The Balaban J connectivity index is 1.96. The van der Waals surface area contributed by atoms with Crippen molar-refractivity contribution in [1.82, 2.24) is 4.57 Å². The number of pyridine rings is 1. The monoisotopic (exact) mass is 524 g/mol. The number of methoxy groups -OCH3 is 1. The van der Waals surface area contributed by atoms with E-state index in [1.54, 1.807) is 34.9 Å². The van der Waals surface area contributed by atoms with Crippen LogP contribution in [0, 0.1) is 19.7 Å². The standard InChI is InChI=1S/C29H27Cl2FN2O2/c1-17-21(15-22-23(30)12-8-13-24(22)32)18(2)34(16-25(33)19-9-5-4-6-10-19)29(35)27(17)20-11-7-14-26(36-3)28(20)31/h4-14,25H,15-16,33H2,1-3H3. The number of benzene rings is 3. The molecule has 7 heteroatoms. The number of halogens is 3. The van der Waals surface area contributed by atoms with Gasteiger partial charge in [0.1, 0.15) is 11.6 Å². The summed E-state index contributed by atoms with van der Waals surface area (Å²) >= 11 is 13.0. The minimum atomic E-state index is -0.427. The van der Waals surface area contributed by atoms with Gasteiger partial charge in [-0.2, -0.15) is 0 Å². The zero-order valence-corrected chi connectivity index (χ0v) is 21.8. The topological polar surface area (TPSA) is 57.2 Å². The third-order valence-electron chi connectivity index (χ3n) is 6.60. The van der Waals surface area contributed by atoms with Crippen molar-refractivity contribution in [1.29, 1.82) is 0 Å². The first-order chi connectivity index (χ1) is 17.2. The summed E-state index contributed by atoms with van der Waals surface area (Å²) in [5, 5.41) is 0.659. The van der Waals surface area contributed by atoms with Crippen LogP contribution in [-0.2, 0) is 13.0 Å². The summed E-state index contributed by atoms with van der Waals surface area (Å²) < 4.78 is 21.8. The molecule has 4 rings (SSSR count). The van der Waals surface area contributed by atoms with Gasteiger partial charge in [0.2, 0.25) is 0 Å². The first-order valence-electron chi connectivity index (χ1n) is 11.5. The van der Waals surface area contributed by atoms with Crippen molar-refractivity contribution < 1.29 is 9.13 Å². The summed E-state index contributed by atoms with van der Waals surface area (Å²) in [6, 6.07) is 19.1. The van der Waals surface area contributed by atoms with Gasteiger partial charge in [-0.15, -0.1) is 0 Å². The number of rotatable bonds is 7. The van der Waals surface area contributed by atoms with E-state index in [4.69, 9.17) is 33.7 Å². The molecule has 36 heavy (non-hydrogen) atoms. The fourth-order valence-corrected chi connectivity index (χ4v) is 5.10. The van der Waals surface area contributed by atoms with Gasteiger partial charge in [-0.1, -0.05) is 71.7 Å². The summed E-state index contributed by atoms with van der Waals surface area (Å²) in [6.07, 6.45) is 0.207. The third-order valence-corrected chi connectivity index (χ3v) is 7.35. The van der Waals surface area contributed by atoms with Gasteiger partial charge in [0.15, 0.2) is 0 Å². The summed E-state index contributed by atoms with van der Waals surface area (Å²) in [6.45, 7) is 3.94. The Bertz CT molecular complexity index is 1450. The van der Waals surface area contributed by atoms with Gasteiger partial charge in [0.25, 0.3) is 5.56 Å². The van der Waals surface area contributed by atoms with Crippen LogP contribution in [0.5, 0.6) is 5.75 Å². The molecule has 3 aromatic carbocycles. The van der Waals surface area contributed by atoms with Crippen molar-refractivity contribution in [2.24, 2.45) is 5.73 Å². The molecule has 0 saturated heterocycles. The highest BCUT2D eigenvalue weighted by Crippen LogP contribution is 2.37. The number of nitrogens with zero attached hydrogens (tertiary/aromatic N) is 1. The van der Waals surface area contributed by atoms with Crippen molar-refractivity contribution >= 4 is 23.2 Å². The average molecular weight is 525 g/mol. The summed E-state index contributed by atoms with van der Waals surface area (Å²) in [5.41, 5.74) is 10.7. The molecule has 1 atom stereocenters. The minimum absolute atomic E-state index is 0.207. The summed E-state index contributed by atoms with van der Waals surface area (Å²) in [4.78, 5) is 14.0. The van der Waals surface area contributed by atoms with Gasteiger partial charge in [-0.25, -0.2) is 4.39 Å². The van der Waals surface area contributed by atoms with Gasteiger partial charge in [-0.05, 0) is 48.7 Å². The Kier molecular flexibility index (Phi) is 7.84. The Labute approximate surface area is 220 Å². The zero-order valence-electron chi connectivity index (χ0n) is 20.3. The molecular formula is C29H27Cl2FN2O2. The van der Waals surface area contributed by atoms with Crippen molar-refractivity contribution in [3.05, 3.63) is 121 Å². The molecule has 2 N–H and O–H groups in total. The van der Waals surface area contributed by atoms with Crippen LogP contribution in [0.3, 0.4) is 0 Å². The number of nitrogens with two attached hydrogens (primary N) is 1. The molecule has 0 spiro atoms. The van der Waals surface area contributed by atoms with E-state index in [9.17, 15) is 9.18 Å². The van der Waals surface area contributed by atoms with Crippen LogP contribution in [0.1, 0.15) is 34.0 Å². The molecule has 1 unspecified atom stereocenters. The highest BCUT2D eigenvalue weighted by atomic mass is 35.5. The van der Waals surface area contributed by atoms with Gasteiger partial charge in [0, 0.05) is 40.9 Å². The Hall–Kier alpha value is -3.12. The number of hydrogen-bond acceptors (Lipinski definition) is 3. The van der Waals surface area contributed by atoms with Crippen LogP contribution in [-0.4, -0.2) is 11.7 Å².